The summed E-state index contributed by atoms with van der Waals surface area (Å²) < 4.78 is 0. The number of carboxylic acids is 1. The maximum absolute atomic E-state index is 10.3. The van der Waals surface area contributed by atoms with Gasteiger partial charge in [0.25, 0.3) is 0 Å². The van der Waals surface area contributed by atoms with Crippen LogP contribution in [0.5, 0.6) is 0 Å². The third-order valence-electron chi connectivity index (χ3n) is 2.43. The zero-order chi connectivity index (χ0) is 9.90. The van der Waals surface area contributed by atoms with Gasteiger partial charge in [0, 0.05) is 19.2 Å². The third kappa shape index (κ3) is 4.08. The predicted molar refractivity (Wildman–Crippen MR) is 51.6 cm³/mol. The molecule has 13 heavy (non-hydrogen) atoms. The number of rotatable bonds is 5. The molecule has 0 aromatic heterocycles. The van der Waals surface area contributed by atoms with Crippen LogP contribution < -0.4 is 5.32 Å². The van der Waals surface area contributed by atoms with Gasteiger partial charge in [0.15, 0.2) is 0 Å². The molecule has 3 nitrogen and oxygen atoms in total. The van der Waals surface area contributed by atoms with E-state index in [4.69, 9.17) is 5.11 Å². The summed E-state index contributed by atoms with van der Waals surface area (Å²) in [7, 11) is 0. The van der Waals surface area contributed by atoms with Crippen LogP contribution in [0.1, 0.15) is 26.7 Å². The Kier molecular flexibility index (Phi) is 3.09. The fourth-order valence-electron chi connectivity index (χ4n) is 1.21. The molecular formula is C10H17NO2. The molecule has 0 atom stereocenters. The average molecular weight is 183 g/mol. The number of aliphatic carboxylic acids is 1. The van der Waals surface area contributed by atoms with E-state index < -0.39 is 5.97 Å². The molecule has 0 aromatic carbocycles. The van der Waals surface area contributed by atoms with E-state index >= 15 is 0 Å². The molecule has 0 radical (unpaired) electrons. The zero-order valence-corrected chi connectivity index (χ0v) is 8.26. The highest BCUT2D eigenvalue weighted by Crippen LogP contribution is 2.43. The van der Waals surface area contributed by atoms with Crippen molar-refractivity contribution in [3.63, 3.8) is 0 Å². The molecule has 0 saturated heterocycles. The summed E-state index contributed by atoms with van der Waals surface area (Å²) in [5.41, 5.74) is 1.36. The second-order valence-electron chi connectivity index (χ2n) is 4.24. The summed E-state index contributed by atoms with van der Waals surface area (Å²) in [6.45, 7) is 5.76. The lowest BCUT2D eigenvalue weighted by Gasteiger charge is -2.09. The SMILES string of the molecule is CC(=CC(=O)O)CNCC1(C)CC1. The molecule has 0 bridgehead atoms. The third-order valence-corrected chi connectivity index (χ3v) is 2.43. The van der Waals surface area contributed by atoms with Crippen molar-refractivity contribution in [2.75, 3.05) is 13.1 Å². The van der Waals surface area contributed by atoms with Crippen LogP contribution in [0, 0.1) is 5.41 Å². The van der Waals surface area contributed by atoms with Crippen molar-refractivity contribution >= 4 is 5.97 Å². The van der Waals surface area contributed by atoms with Gasteiger partial charge in [-0.3, -0.25) is 0 Å². The monoisotopic (exact) mass is 183 g/mol. The molecule has 0 aliphatic heterocycles. The Hall–Kier alpha value is -0.830. The molecule has 2 N–H and O–H groups in total. The van der Waals surface area contributed by atoms with Gasteiger partial charge in [-0.2, -0.15) is 0 Å². The van der Waals surface area contributed by atoms with E-state index in [1.54, 1.807) is 0 Å². The first-order chi connectivity index (χ1) is 6.02. The largest absolute Gasteiger partial charge is 0.478 e. The minimum absolute atomic E-state index is 0.490. The van der Waals surface area contributed by atoms with Gasteiger partial charge in [-0.1, -0.05) is 12.5 Å². The molecule has 3 heteroatoms. The van der Waals surface area contributed by atoms with Gasteiger partial charge < -0.3 is 10.4 Å². The Morgan fingerprint density at radius 2 is 2.23 bits per heavy atom. The van der Waals surface area contributed by atoms with Gasteiger partial charge in [0.05, 0.1) is 0 Å². The molecule has 0 unspecified atom stereocenters. The second-order valence-corrected chi connectivity index (χ2v) is 4.24. The smallest absolute Gasteiger partial charge is 0.328 e. The van der Waals surface area contributed by atoms with E-state index in [1.807, 2.05) is 6.92 Å². The Morgan fingerprint density at radius 1 is 1.62 bits per heavy atom. The lowest BCUT2D eigenvalue weighted by molar-refractivity contribution is -0.131. The molecule has 0 aromatic rings. The van der Waals surface area contributed by atoms with E-state index in [0.717, 1.165) is 12.1 Å². The van der Waals surface area contributed by atoms with Crippen molar-refractivity contribution < 1.29 is 9.90 Å². The fourth-order valence-corrected chi connectivity index (χ4v) is 1.21. The van der Waals surface area contributed by atoms with Gasteiger partial charge in [-0.15, -0.1) is 0 Å². The van der Waals surface area contributed by atoms with Gasteiger partial charge in [0.2, 0.25) is 0 Å². The van der Waals surface area contributed by atoms with Gasteiger partial charge in [-0.05, 0) is 25.2 Å². The summed E-state index contributed by atoms with van der Waals surface area (Å²) >= 11 is 0. The molecule has 74 valence electrons. The average Bonchev–Trinajstić information content (AvgIpc) is 2.66. The van der Waals surface area contributed by atoms with Gasteiger partial charge >= 0.3 is 5.97 Å². The first kappa shape index (κ1) is 10.3. The summed E-state index contributed by atoms with van der Waals surface area (Å²) in [6, 6.07) is 0. The van der Waals surface area contributed by atoms with Crippen molar-refractivity contribution in [1.29, 1.82) is 0 Å². The van der Waals surface area contributed by atoms with E-state index in [0.29, 0.717) is 12.0 Å². The minimum atomic E-state index is -0.864. The Balaban J connectivity index is 2.15. The molecule has 1 saturated carbocycles. The highest BCUT2D eigenvalue weighted by Gasteiger charge is 2.36. The molecule has 1 rings (SSSR count). The molecule has 1 aliphatic carbocycles. The number of carboxylic acid groups (broad SMARTS) is 1. The summed E-state index contributed by atoms with van der Waals surface area (Å²) in [5.74, 6) is -0.864. The second kappa shape index (κ2) is 3.92. The number of hydrogen-bond acceptors (Lipinski definition) is 2. The zero-order valence-electron chi connectivity index (χ0n) is 8.26. The molecule has 1 aliphatic rings. The fraction of sp³-hybridized carbons (Fsp3) is 0.700. The van der Waals surface area contributed by atoms with Crippen LogP contribution in [0.4, 0.5) is 0 Å². The highest BCUT2D eigenvalue weighted by atomic mass is 16.4. The van der Waals surface area contributed by atoms with Crippen LogP contribution in [-0.4, -0.2) is 24.2 Å². The van der Waals surface area contributed by atoms with Crippen LogP contribution in [-0.2, 0) is 4.79 Å². The standard InChI is InChI=1S/C10H17NO2/c1-8(5-9(12)13)6-11-7-10(2)3-4-10/h5,11H,3-4,6-7H2,1-2H3,(H,12,13). The maximum atomic E-state index is 10.3. The van der Waals surface area contributed by atoms with Crippen LogP contribution in [0.25, 0.3) is 0 Å². The minimum Gasteiger partial charge on any atom is -0.478 e. The lowest BCUT2D eigenvalue weighted by Crippen LogP contribution is -2.23. The van der Waals surface area contributed by atoms with Crippen LogP contribution in [0.2, 0.25) is 0 Å². The van der Waals surface area contributed by atoms with Crippen molar-refractivity contribution in [2.45, 2.75) is 26.7 Å². The first-order valence-electron chi connectivity index (χ1n) is 4.63. The van der Waals surface area contributed by atoms with E-state index in [1.165, 1.54) is 18.9 Å². The Morgan fingerprint density at radius 3 is 2.69 bits per heavy atom. The summed E-state index contributed by atoms with van der Waals surface area (Å²) in [6.07, 6.45) is 3.84. The van der Waals surface area contributed by atoms with Gasteiger partial charge in [-0.25, -0.2) is 4.79 Å². The van der Waals surface area contributed by atoms with Gasteiger partial charge in [0.1, 0.15) is 0 Å². The van der Waals surface area contributed by atoms with Crippen molar-refractivity contribution in [1.82, 2.24) is 5.32 Å². The first-order valence-corrected chi connectivity index (χ1v) is 4.63. The topological polar surface area (TPSA) is 49.3 Å². The predicted octanol–water partition coefficient (Wildman–Crippen LogP) is 1.41. The number of nitrogens with one attached hydrogen (secondary N) is 1. The Labute approximate surface area is 78.8 Å². The highest BCUT2D eigenvalue weighted by molar-refractivity contribution is 5.80. The van der Waals surface area contributed by atoms with E-state index in [2.05, 4.69) is 12.2 Å². The van der Waals surface area contributed by atoms with E-state index in [9.17, 15) is 4.79 Å². The van der Waals surface area contributed by atoms with Crippen molar-refractivity contribution in [2.24, 2.45) is 5.41 Å². The molecular weight excluding hydrogens is 166 g/mol. The lowest BCUT2D eigenvalue weighted by atomic mass is 10.1. The molecule has 0 heterocycles. The molecule has 0 spiro atoms. The Bertz CT molecular complexity index is 229. The quantitative estimate of drug-likeness (QED) is 0.633. The summed E-state index contributed by atoms with van der Waals surface area (Å²) in [4.78, 5) is 10.3. The van der Waals surface area contributed by atoms with Crippen LogP contribution in [0.3, 0.4) is 0 Å². The summed E-state index contributed by atoms with van der Waals surface area (Å²) in [5, 5.41) is 11.7. The molecule has 1 fully saturated rings. The van der Waals surface area contributed by atoms with Crippen LogP contribution in [0.15, 0.2) is 11.6 Å². The normalized spacial score (nSPS) is 20.0. The number of hydrogen-bond donors (Lipinski definition) is 2. The van der Waals surface area contributed by atoms with Crippen molar-refractivity contribution in [3.05, 3.63) is 11.6 Å². The molecule has 0 amide bonds. The van der Waals surface area contributed by atoms with E-state index in [-0.39, 0.29) is 0 Å². The van der Waals surface area contributed by atoms with Crippen LogP contribution >= 0.6 is 0 Å². The van der Waals surface area contributed by atoms with Crippen molar-refractivity contribution in [3.8, 4) is 0 Å². The number of carbonyl (C=O) groups is 1. The maximum Gasteiger partial charge on any atom is 0.328 e.